The van der Waals surface area contributed by atoms with E-state index in [0.29, 0.717) is 5.39 Å². The summed E-state index contributed by atoms with van der Waals surface area (Å²) in [5, 5.41) is 1.41. The third-order valence-electron chi connectivity index (χ3n) is 1.67. The Balaban J connectivity index is 2.86. The van der Waals surface area contributed by atoms with Crippen molar-refractivity contribution in [3.8, 4) is 0 Å². The first-order chi connectivity index (χ1) is 5.77. The molecule has 0 amide bonds. The molecule has 0 spiro atoms. The van der Waals surface area contributed by atoms with Gasteiger partial charge in [0.1, 0.15) is 5.82 Å². The summed E-state index contributed by atoms with van der Waals surface area (Å²) in [7, 11) is 0. The molecule has 1 aromatic heterocycles. The number of halogens is 2. The van der Waals surface area contributed by atoms with E-state index in [1.807, 2.05) is 12.1 Å². The summed E-state index contributed by atoms with van der Waals surface area (Å²) in [5.74, 6) is -0.278. The number of benzene rings is 1. The largest absolute Gasteiger partial charge is 0.261 e. The smallest absolute Gasteiger partial charge is 0.149 e. The van der Waals surface area contributed by atoms with Gasteiger partial charge in [-0.05, 0) is 12.1 Å². The summed E-state index contributed by atoms with van der Waals surface area (Å²) in [5.41, 5.74) is 0. The standard InChI is InChI=1S/C9H5BrFN/c10-7-1-2-8-6(3-7)4-12-5-9(8)11/h1-5H. The molecule has 0 saturated carbocycles. The van der Waals surface area contributed by atoms with Gasteiger partial charge in [0, 0.05) is 21.4 Å². The molecule has 1 aromatic carbocycles. The second kappa shape index (κ2) is 2.83. The van der Waals surface area contributed by atoms with Gasteiger partial charge in [0.15, 0.2) is 0 Å². The molecule has 3 heteroatoms. The van der Waals surface area contributed by atoms with Crippen molar-refractivity contribution in [2.24, 2.45) is 0 Å². The minimum absolute atomic E-state index is 0.278. The predicted molar refractivity (Wildman–Crippen MR) is 49.4 cm³/mol. The van der Waals surface area contributed by atoms with Crippen LogP contribution in [0.4, 0.5) is 4.39 Å². The first-order valence-electron chi connectivity index (χ1n) is 3.46. The van der Waals surface area contributed by atoms with Crippen LogP contribution in [0, 0.1) is 5.82 Å². The van der Waals surface area contributed by atoms with Gasteiger partial charge >= 0.3 is 0 Å². The van der Waals surface area contributed by atoms with Crippen LogP contribution in [-0.2, 0) is 0 Å². The molecule has 1 nitrogen and oxygen atoms in total. The van der Waals surface area contributed by atoms with Crippen LogP contribution in [0.1, 0.15) is 0 Å². The number of hydrogen-bond acceptors (Lipinski definition) is 1. The van der Waals surface area contributed by atoms with Gasteiger partial charge in [-0.25, -0.2) is 4.39 Å². The lowest BCUT2D eigenvalue weighted by molar-refractivity contribution is 0.634. The average Bonchev–Trinajstić information content (AvgIpc) is 2.04. The zero-order valence-electron chi connectivity index (χ0n) is 6.09. The summed E-state index contributed by atoms with van der Waals surface area (Å²) in [6.07, 6.45) is 2.86. The third-order valence-corrected chi connectivity index (χ3v) is 2.17. The van der Waals surface area contributed by atoms with E-state index in [4.69, 9.17) is 0 Å². The average molecular weight is 226 g/mol. The normalized spacial score (nSPS) is 10.5. The lowest BCUT2D eigenvalue weighted by atomic mass is 10.2. The van der Waals surface area contributed by atoms with E-state index in [-0.39, 0.29) is 5.82 Å². The zero-order chi connectivity index (χ0) is 8.55. The second-order valence-corrected chi connectivity index (χ2v) is 3.40. The number of pyridine rings is 1. The van der Waals surface area contributed by atoms with Gasteiger partial charge in [0.05, 0.1) is 6.20 Å². The minimum Gasteiger partial charge on any atom is -0.261 e. The first kappa shape index (κ1) is 7.68. The monoisotopic (exact) mass is 225 g/mol. The number of aromatic nitrogens is 1. The van der Waals surface area contributed by atoms with E-state index in [1.54, 1.807) is 12.3 Å². The maximum absolute atomic E-state index is 13.0. The fourth-order valence-electron chi connectivity index (χ4n) is 1.11. The molecule has 0 aliphatic heterocycles. The Kier molecular flexibility index (Phi) is 1.81. The van der Waals surface area contributed by atoms with Crippen molar-refractivity contribution in [2.75, 3.05) is 0 Å². The van der Waals surface area contributed by atoms with Crippen molar-refractivity contribution in [1.29, 1.82) is 0 Å². The summed E-state index contributed by atoms with van der Waals surface area (Å²) in [4.78, 5) is 3.76. The minimum atomic E-state index is -0.278. The molecule has 0 fully saturated rings. The van der Waals surface area contributed by atoms with E-state index in [9.17, 15) is 4.39 Å². The van der Waals surface area contributed by atoms with Crippen LogP contribution < -0.4 is 0 Å². The van der Waals surface area contributed by atoms with Crippen LogP contribution in [0.5, 0.6) is 0 Å². The molecule has 2 rings (SSSR count). The van der Waals surface area contributed by atoms with E-state index in [0.717, 1.165) is 9.86 Å². The number of rotatable bonds is 0. The molecule has 12 heavy (non-hydrogen) atoms. The third kappa shape index (κ3) is 1.20. The summed E-state index contributed by atoms with van der Waals surface area (Å²) in [6, 6.07) is 5.38. The van der Waals surface area contributed by atoms with E-state index >= 15 is 0 Å². The first-order valence-corrected chi connectivity index (χ1v) is 4.25. The summed E-state index contributed by atoms with van der Waals surface area (Å²) in [6.45, 7) is 0. The van der Waals surface area contributed by atoms with Gasteiger partial charge in [0.2, 0.25) is 0 Å². The number of fused-ring (bicyclic) bond motifs is 1. The van der Waals surface area contributed by atoms with Crippen molar-refractivity contribution >= 4 is 26.7 Å². The molecule has 0 atom stereocenters. The van der Waals surface area contributed by atoms with Crippen LogP contribution in [0.2, 0.25) is 0 Å². The van der Waals surface area contributed by atoms with Gasteiger partial charge in [-0.1, -0.05) is 22.0 Å². The maximum Gasteiger partial charge on any atom is 0.149 e. The van der Waals surface area contributed by atoms with Gasteiger partial charge in [0.25, 0.3) is 0 Å². The van der Waals surface area contributed by atoms with Crippen LogP contribution >= 0.6 is 15.9 Å². The van der Waals surface area contributed by atoms with Crippen LogP contribution in [-0.4, -0.2) is 4.98 Å². The van der Waals surface area contributed by atoms with Crippen LogP contribution in [0.3, 0.4) is 0 Å². The van der Waals surface area contributed by atoms with Crippen LogP contribution in [0.25, 0.3) is 10.8 Å². The molecule has 2 aromatic rings. The molecule has 0 bridgehead atoms. The van der Waals surface area contributed by atoms with Crippen molar-refractivity contribution in [2.45, 2.75) is 0 Å². The lowest BCUT2D eigenvalue weighted by Crippen LogP contribution is -1.81. The fraction of sp³-hybridized carbons (Fsp3) is 0. The second-order valence-electron chi connectivity index (χ2n) is 2.49. The highest BCUT2D eigenvalue weighted by molar-refractivity contribution is 9.10. The maximum atomic E-state index is 13.0. The predicted octanol–water partition coefficient (Wildman–Crippen LogP) is 3.14. The fourth-order valence-corrected chi connectivity index (χ4v) is 1.49. The Morgan fingerprint density at radius 1 is 1.25 bits per heavy atom. The highest BCUT2D eigenvalue weighted by Crippen LogP contribution is 2.20. The molecule has 1 heterocycles. The van der Waals surface area contributed by atoms with Crippen molar-refractivity contribution in [1.82, 2.24) is 4.98 Å². The van der Waals surface area contributed by atoms with Crippen LogP contribution in [0.15, 0.2) is 35.1 Å². The molecule has 0 radical (unpaired) electrons. The summed E-state index contributed by atoms with van der Waals surface area (Å²) < 4.78 is 14.0. The molecule has 0 aliphatic rings. The molecule has 0 N–H and O–H groups in total. The molecular formula is C9H5BrFN. The lowest BCUT2D eigenvalue weighted by Gasteiger charge is -1.97. The van der Waals surface area contributed by atoms with Gasteiger partial charge in [-0.15, -0.1) is 0 Å². The summed E-state index contributed by atoms with van der Waals surface area (Å²) >= 11 is 3.31. The van der Waals surface area contributed by atoms with Crippen molar-refractivity contribution in [3.05, 3.63) is 40.9 Å². The number of hydrogen-bond donors (Lipinski definition) is 0. The Bertz CT molecular complexity index is 428. The van der Waals surface area contributed by atoms with E-state index < -0.39 is 0 Å². The Morgan fingerprint density at radius 3 is 2.92 bits per heavy atom. The zero-order valence-corrected chi connectivity index (χ0v) is 7.68. The van der Waals surface area contributed by atoms with E-state index in [1.165, 1.54) is 6.20 Å². The molecule has 0 saturated heterocycles. The molecule has 0 aliphatic carbocycles. The van der Waals surface area contributed by atoms with Crippen molar-refractivity contribution < 1.29 is 4.39 Å². The van der Waals surface area contributed by atoms with Gasteiger partial charge < -0.3 is 0 Å². The molecule has 0 unspecified atom stereocenters. The highest BCUT2D eigenvalue weighted by Gasteiger charge is 1.99. The van der Waals surface area contributed by atoms with Gasteiger partial charge in [-0.3, -0.25) is 4.98 Å². The van der Waals surface area contributed by atoms with E-state index in [2.05, 4.69) is 20.9 Å². The topological polar surface area (TPSA) is 12.9 Å². The molecular weight excluding hydrogens is 221 g/mol. The quantitative estimate of drug-likeness (QED) is 0.672. The Labute approximate surface area is 77.4 Å². The SMILES string of the molecule is Fc1cncc2cc(Br)ccc12. The Hall–Kier alpha value is -0.960. The van der Waals surface area contributed by atoms with Crippen molar-refractivity contribution in [3.63, 3.8) is 0 Å². The Morgan fingerprint density at radius 2 is 2.08 bits per heavy atom. The highest BCUT2D eigenvalue weighted by atomic mass is 79.9. The van der Waals surface area contributed by atoms with Gasteiger partial charge in [-0.2, -0.15) is 0 Å². The number of nitrogens with zero attached hydrogens (tertiary/aromatic N) is 1. The molecule has 60 valence electrons.